The first-order valence-electron chi connectivity index (χ1n) is 7.93. The van der Waals surface area contributed by atoms with E-state index >= 15 is 0 Å². The number of thioether (sulfide) groups is 1. The number of non-ortho nitro benzene ring substituents is 1. The summed E-state index contributed by atoms with van der Waals surface area (Å²) in [5, 5.41) is 21.8. The molecule has 0 atom stereocenters. The number of nitrogens with two attached hydrogens (primary N) is 1. The molecule has 0 radical (unpaired) electrons. The fourth-order valence-electron chi connectivity index (χ4n) is 2.30. The smallest absolute Gasteiger partial charge is 0.269 e. The van der Waals surface area contributed by atoms with Gasteiger partial charge in [-0.1, -0.05) is 42.1 Å². The second kappa shape index (κ2) is 8.32. The lowest BCUT2D eigenvalue weighted by molar-refractivity contribution is -0.384. The minimum absolute atomic E-state index is 0.0375. The van der Waals surface area contributed by atoms with Crippen LogP contribution in [-0.2, 0) is 11.2 Å². The molecule has 0 saturated carbocycles. The van der Waals surface area contributed by atoms with Crippen LogP contribution in [0.4, 0.5) is 11.4 Å². The Balaban J connectivity index is 1.55. The van der Waals surface area contributed by atoms with Gasteiger partial charge in [0.05, 0.1) is 10.7 Å². The van der Waals surface area contributed by atoms with Crippen LogP contribution in [0.15, 0.2) is 59.8 Å². The number of carbonyl (C=O) groups excluding carboxylic acids is 1. The quantitative estimate of drug-likeness (QED) is 0.276. The molecule has 0 aliphatic carbocycles. The topological polar surface area (TPSA) is 129 Å². The second-order valence-electron chi connectivity index (χ2n) is 5.57. The highest BCUT2D eigenvalue weighted by Crippen LogP contribution is 2.18. The fraction of sp³-hybridized carbons (Fsp3) is 0.118. The van der Waals surface area contributed by atoms with Gasteiger partial charge in [-0.2, -0.15) is 0 Å². The average Bonchev–Trinajstić information content (AvgIpc) is 3.01. The van der Waals surface area contributed by atoms with Crippen LogP contribution < -0.4 is 11.2 Å². The van der Waals surface area contributed by atoms with E-state index < -0.39 is 4.92 Å². The minimum Gasteiger partial charge on any atom is -0.336 e. The van der Waals surface area contributed by atoms with Crippen molar-refractivity contribution in [2.45, 2.75) is 11.6 Å². The van der Waals surface area contributed by atoms with Crippen LogP contribution >= 0.6 is 11.8 Å². The van der Waals surface area contributed by atoms with Crippen LogP contribution in [0.25, 0.3) is 0 Å². The maximum absolute atomic E-state index is 12.0. The van der Waals surface area contributed by atoms with E-state index in [2.05, 4.69) is 15.5 Å². The number of nitrogens with one attached hydrogen (secondary N) is 1. The average molecular weight is 384 g/mol. The Morgan fingerprint density at radius 1 is 1.15 bits per heavy atom. The third-order valence-electron chi connectivity index (χ3n) is 3.63. The third kappa shape index (κ3) is 4.82. The van der Waals surface area contributed by atoms with Gasteiger partial charge in [0.1, 0.15) is 0 Å². The number of carbonyl (C=O) groups is 1. The number of nitrogens with zero attached hydrogens (tertiary/aromatic N) is 4. The van der Waals surface area contributed by atoms with E-state index in [4.69, 9.17) is 5.84 Å². The molecule has 3 aromatic rings. The van der Waals surface area contributed by atoms with Crippen LogP contribution in [0.2, 0.25) is 0 Å². The summed E-state index contributed by atoms with van der Waals surface area (Å²) in [4.78, 5) is 22.2. The molecule has 0 saturated heterocycles. The zero-order valence-electron chi connectivity index (χ0n) is 14.1. The van der Waals surface area contributed by atoms with E-state index in [1.54, 1.807) is 0 Å². The molecule has 1 amide bonds. The SMILES string of the molecule is Nn1c(Cc2ccccc2)nnc1SCC(=O)Nc1ccc([N+](=O)[O-])cc1. The van der Waals surface area contributed by atoms with E-state index in [1.165, 1.54) is 28.9 Å². The van der Waals surface area contributed by atoms with Crippen molar-refractivity contribution in [2.24, 2.45) is 0 Å². The molecule has 0 fully saturated rings. The van der Waals surface area contributed by atoms with Gasteiger partial charge in [0, 0.05) is 24.2 Å². The van der Waals surface area contributed by atoms with E-state index in [0.717, 1.165) is 17.3 Å². The lowest BCUT2D eigenvalue weighted by atomic mass is 10.1. The first-order chi connectivity index (χ1) is 13.0. The van der Waals surface area contributed by atoms with Crippen LogP contribution in [0, 0.1) is 10.1 Å². The Morgan fingerprint density at radius 2 is 1.85 bits per heavy atom. The van der Waals surface area contributed by atoms with Gasteiger partial charge < -0.3 is 11.2 Å². The van der Waals surface area contributed by atoms with Gasteiger partial charge in [0.15, 0.2) is 5.82 Å². The molecule has 0 aliphatic rings. The van der Waals surface area contributed by atoms with E-state index in [0.29, 0.717) is 23.1 Å². The molecule has 10 heteroatoms. The van der Waals surface area contributed by atoms with Crippen molar-refractivity contribution in [3.05, 3.63) is 76.1 Å². The number of aromatic nitrogens is 3. The lowest BCUT2D eigenvalue weighted by Gasteiger charge is -2.05. The highest BCUT2D eigenvalue weighted by atomic mass is 32.2. The Morgan fingerprint density at radius 3 is 2.52 bits per heavy atom. The van der Waals surface area contributed by atoms with E-state index in [-0.39, 0.29) is 17.3 Å². The molecule has 0 unspecified atom stereocenters. The first-order valence-corrected chi connectivity index (χ1v) is 8.92. The lowest BCUT2D eigenvalue weighted by Crippen LogP contribution is -2.17. The van der Waals surface area contributed by atoms with Gasteiger partial charge in [-0.15, -0.1) is 10.2 Å². The predicted molar refractivity (Wildman–Crippen MR) is 102 cm³/mol. The standard InChI is InChI=1S/C17H16N6O3S/c18-22-15(10-12-4-2-1-3-5-12)20-21-17(22)27-11-16(24)19-13-6-8-14(9-7-13)23(25)26/h1-9H,10-11,18H2,(H,19,24). The number of amides is 1. The van der Waals surface area contributed by atoms with Crippen molar-refractivity contribution in [1.82, 2.24) is 14.9 Å². The Hall–Kier alpha value is -3.40. The van der Waals surface area contributed by atoms with Crippen molar-refractivity contribution in [2.75, 3.05) is 16.9 Å². The summed E-state index contributed by atoms with van der Waals surface area (Å²) < 4.78 is 1.37. The molecule has 0 bridgehead atoms. The van der Waals surface area contributed by atoms with Crippen LogP contribution in [0.3, 0.4) is 0 Å². The van der Waals surface area contributed by atoms with E-state index in [1.807, 2.05) is 30.3 Å². The molecule has 0 aliphatic heterocycles. The molecular formula is C17H16N6O3S. The molecule has 138 valence electrons. The van der Waals surface area contributed by atoms with Crippen molar-refractivity contribution in [3.63, 3.8) is 0 Å². The van der Waals surface area contributed by atoms with Crippen LogP contribution in [-0.4, -0.2) is 31.5 Å². The summed E-state index contributed by atoms with van der Waals surface area (Å²) in [7, 11) is 0. The van der Waals surface area contributed by atoms with E-state index in [9.17, 15) is 14.9 Å². The molecule has 3 rings (SSSR count). The van der Waals surface area contributed by atoms with Crippen molar-refractivity contribution in [1.29, 1.82) is 0 Å². The zero-order chi connectivity index (χ0) is 19.2. The summed E-state index contributed by atoms with van der Waals surface area (Å²) in [6.07, 6.45) is 0.542. The highest BCUT2D eigenvalue weighted by Gasteiger charge is 2.13. The molecule has 1 aromatic heterocycles. The van der Waals surface area contributed by atoms with Crippen molar-refractivity contribution < 1.29 is 9.72 Å². The molecule has 27 heavy (non-hydrogen) atoms. The molecular weight excluding hydrogens is 368 g/mol. The number of nitro benzene ring substituents is 1. The number of benzene rings is 2. The van der Waals surface area contributed by atoms with Crippen LogP contribution in [0.5, 0.6) is 0 Å². The summed E-state index contributed by atoms with van der Waals surface area (Å²) in [6, 6.07) is 15.4. The summed E-state index contributed by atoms with van der Waals surface area (Å²) >= 11 is 1.16. The Kier molecular flexibility index (Phi) is 5.67. The molecule has 1 heterocycles. The van der Waals surface area contributed by atoms with Gasteiger partial charge in [-0.25, -0.2) is 4.68 Å². The number of nitro groups is 1. The van der Waals surface area contributed by atoms with Gasteiger partial charge in [0.2, 0.25) is 11.1 Å². The second-order valence-corrected chi connectivity index (χ2v) is 6.51. The number of anilines is 1. The number of hydrogen-bond donors (Lipinski definition) is 2. The molecule has 9 nitrogen and oxygen atoms in total. The maximum Gasteiger partial charge on any atom is 0.269 e. The summed E-state index contributed by atoms with van der Waals surface area (Å²) in [5.74, 6) is 6.41. The van der Waals surface area contributed by atoms with Crippen molar-refractivity contribution in [3.8, 4) is 0 Å². The first kappa shape index (κ1) is 18.4. The molecule has 3 N–H and O–H groups in total. The fourth-order valence-corrected chi connectivity index (χ4v) is 2.97. The van der Waals surface area contributed by atoms with Crippen LogP contribution in [0.1, 0.15) is 11.4 Å². The largest absolute Gasteiger partial charge is 0.336 e. The maximum atomic E-state index is 12.0. The number of hydrogen-bond acceptors (Lipinski definition) is 7. The molecule has 2 aromatic carbocycles. The van der Waals surface area contributed by atoms with Gasteiger partial charge in [-0.05, 0) is 17.7 Å². The third-order valence-corrected chi connectivity index (χ3v) is 4.58. The normalized spacial score (nSPS) is 10.5. The zero-order valence-corrected chi connectivity index (χ0v) is 14.9. The van der Waals surface area contributed by atoms with Gasteiger partial charge >= 0.3 is 0 Å². The Labute approximate surface area is 158 Å². The predicted octanol–water partition coefficient (Wildman–Crippen LogP) is 2.22. The highest BCUT2D eigenvalue weighted by molar-refractivity contribution is 7.99. The summed E-state index contributed by atoms with van der Waals surface area (Å²) in [6.45, 7) is 0. The summed E-state index contributed by atoms with van der Waals surface area (Å²) in [5.41, 5.74) is 1.50. The minimum atomic E-state index is -0.497. The van der Waals surface area contributed by atoms with Gasteiger partial charge in [-0.3, -0.25) is 14.9 Å². The number of nitrogen functional groups attached to an aromatic ring is 1. The molecule has 0 spiro atoms. The Bertz CT molecular complexity index is 943. The number of rotatable bonds is 7. The van der Waals surface area contributed by atoms with Gasteiger partial charge in [0.25, 0.3) is 5.69 Å². The van der Waals surface area contributed by atoms with Crippen molar-refractivity contribution >= 4 is 29.0 Å². The monoisotopic (exact) mass is 384 g/mol.